The lowest BCUT2D eigenvalue weighted by Crippen LogP contribution is -2.61. The summed E-state index contributed by atoms with van der Waals surface area (Å²) in [6, 6.07) is 51.7. The fourth-order valence-corrected chi connectivity index (χ4v) is 10.5. The number of benzene rings is 7. The molecule has 3 nitrogen and oxygen atoms in total. The molecule has 2 heterocycles. The Morgan fingerprint density at radius 2 is 0.742 bits per heavy atom. The molecule has 0 atom stereocenters. The molecule has 0 saturated carbocycles. The second-order valence-corrected chi connectivity index (χ2v) is 23.5. The predicted octanol–water partition coefficient (Wildman–Crippen LogP) is 15.7. The molecule has 0 fully saturated rings. The molecule has 2 aliphatic rings. The van der Waals surface area contributed by atoms with Crippen LogP contribution in [0.4, 0.5) is 51.2 Å². The highest BCUT2D eigenvalue weighted by atomic mass is 15.2. The fraction of sp³-hybridized carbons (Fsp3) is 0.323. The minimum atomic E-state index is -0.117. The van der Waals surface area contributed by atoms with Crippen molar-refractivity contribution in [3.05, 3.63) is 178 Å². The van der Waals surface area contributed by atoms with Crippen molar-refractivity contribution in [3.63, 3.8) is 0 Å². The van der Waals surface area contributed by atoms with Gasteiger partial charge in [0, 0.05) is 39.8 Å². The number of hydrogen-bond donors (Lipinski definition) is 0. The summed E-state index contributed by atoms with van der Waals surface area (Å²) in [5.41, 5.74) is 25.2. The van der Waals surface area contributed by atoms with E-state index in [-0.39, 0.29) is 28.4 Å². The topological polar surface area (TPSA) is 9.72 Å². The van der Waals surface area contributed by atoms with Gasteiger partial charge in [-0.05, 0) is 165 Å². The monoisotopic (exact) mass is 868 g/mol. The molecule has 0 spiro atoms. The van der Waals surface area contributed by atoms with Gasteiger partial charge in [-0.15, -0.1) is 0 Å². The van der Waals surface area contributed by atoms with Gasteiger partial charge in [0.2, 0.25) is 0 Å². The van der Waals surface area contributed by atoms with Gasteiger partial charge in [-0.2, -0.15) is 0 Å². The van der Waals surface area contributed by atoms with Crippen molar-refractivity contribution in [2.75, 3.05) is 14.7 Å². The van der Waals surface area contributed by atoms with Crippen molar-refractivity contribution in [1.82, 2.24) is 0 Å². The minimum absolute atomic E-state index is 0.00268. The van der Waals surface area contributed by atoms with Crippen LogP contribution >= 0.6 is 0 Å². The summed E-state index contributed by atoms with van der Waals surface area (Å²) in [6.45, 7) is 37.0. The van der Waals surface area contributed by atoms with Gasteiger partial charge in [0.25, 0.3) is 6.71 Å². The molecule has 2 aliphatic heterocycles. The number of hydrogen-bond acceptors (Lipinski definition) is 3. The van der Waals surface area contributed by atoms with Crippen molar-refractivity contribution in [1.29, 1.82) is 0 Å². The molecule has 9 rings (SSSR count). The van der Waals surface area contributed by atoms with Crippen LogP contribution in [0.3, 0.4) is 0 Å². The van der Waals surface area contributed by atoms with Gasteiger partial charge in [0.05, 0.1) is 11.4 Å². The number of rotatable bonds is 5. The first-order valence-corrected chi connectivity index (χ1v) is 24.1. The van der Waals surface area contributed by atoms with E-state index >= 15 is 0 Å². The lowest BCUT2D eigenvalue weighted by Gasteiger charge is -2.46. The van der Waals surface area contributed by atoms with Crippen LogP contribution in [0.25, 0.3) is 0 Å². The van der Waals surface area contributed by atoms with E-state index in [0.29, 0.717) is 0 Å². The Bertz CT molecular complexity index is 2900. The zero-order valence-electron chi connectivity index (χ0n) is 42.6. The van der Waals surface area contributed by atoms with Crippen molar-refractivity contribution < 1.29 is 0 Å². The third-order valence-corrected chi connectivity index (χ3v) is 14.4. The Kier molecular flexibility index (Phi) is 10.8. The molecule has 0 saturated heterocycles. The van der Waals surface area contributed by atoms with Gasteiger partial charge >= 0.3 is 0 Å². The summed E-state index contributed by atoms with van der Waals surface area (Å²) in [4.78, 5) is 7.71. The zero-order chi connectivity index (χ0) is 47.4. The van der Waals surface area contributed by atoms with Crippen molar-refractivity contribution in [2.24, 2.45) is 0 Å². The summed E-state index contributed by atoms with van der Waals surface area (Å²) < 4.78 is 0. The highest BCUT2D eigenvalue weighted by Crippen LogP contribution is 2.50. The molecule has 0 radical (unpaired) electrons. The van der Waals surface area contributed by atoms with E-state index in [1.54, 1.807) is 0 Å². The van der Waals surface area contributed by atoms with E-state index in [1.807, 2.05) is 0 Å². The molecule has 66 heavy (non-hydrogen) atoms. The molecular weight excluding hydrogens is 798 g/mol. The van der Waals surface area contributed by atoms with E-state index in [9.17, 15) is 0 Å². The van der Waals surface area contributed by atoms with E-state index < -0.39 is 0 Å². The first-order valence-electron chi connectivity index (χ1n) is 24.1. The summed E-state index contributed by atoms with van der Waals surface area (Å²) in [6.07, 6.45) is 0. The molecule has 4 heteroatoms. The van der Waals surface area contributed by atoms with Crippen molar-refractivity contribution in [3.8, 4) is 0 Å². The third-order valence-electron chi connectivity index (χ3n) is 14.4. The van der Waals surface area contributed by atoms with Gasteiger partial charge in [-0.3, -0.25) is 0 Å². The Hall–Kier alpha value is -6.00. The van der Waals surface area contributed by atoms with Crippen LogP contribution in [-0.4, -0.2) is 6.71 Å². The van der Waals surface area contributed by atoms with Gasteiger partial charge in [-0.25, -0.2) is 0 Å². The third kappa shape index (κ3) is 7.74. The van der Waals surface area contributed by atoms with Crippen molar-refractivity contribution >= 4 is 74.3 Å². The first-order chi connectivity index (χ1) is 30.9. The van der Waals surface area contributed by atoms with Gasteiger partial charge in [-0.1, -0.05) is 162 Å². The van der Waals surface area contributed by atoms with Gasteiger partial charge < -0.3 is 14.7 Å². The zero-order valence-corrected chi connectivity index (χ0v) is 42.6. The average molecular weight is 868 g/mol. The average Bonchev–Trinajstić information content (AvgIpc) is 3.23. The maximum atomic E-state index is 2.64. The molecule has 7 aromatic carbocycles. The molecule has 0 aliphatic carbocycles. The predicted molar refractivity (Wildman–Crippen MR) is 289 cm³/mol. The van der Waals surface area contributed by atoms with Crippen LogP contribution < -0.4 is 31.1 Å². The molecule has 0 unspecified atom stereocenters. The molecule has 0 amide bonds. The Morgan fingerprint density at radius 3 is 1.17 bits per heavy atom. The first kappa shape index (κ1) is 45.2. The van der Waals surface area contributed by atoms with Gasteiger partial charge in [0.1, 0.15) is 0 Å². The molecule has 0 N–H and O–H groups in total. The van der Waals surface area contributed by atoms with Crippen LogP contribution in [0, 0.1) is 27.7 Å². The maximum absolute atomic E-state index is 2.64. The lowest BCUT2D eigenvalue weighted by molar-refractivity contribution is 0.590. The van der Waals surface area contributed by atoms with Crippen molar-refractivity contribution in [2.45, 2.75) is 132 Å². The normalized spacial score (nSPS) is 13.7. The number of aryl methyl sites for hydroxylation is 4. The Balaban J connectivity index is 1.40. The highest BCUT2D eigenvalue weighted by Gasteiger charge is 2.45. The van der Waals surface area contributed by atoms with E-state index in [1.165, 1.54) is 95.0 Å². The minimum Gasteiger partial charge on any atom is -0.311 e. The standard InChI is InChI=1S/C62H70BN3/c1-39-19-17-20-40(2)57(39)65-52-34-27-45(61(11,12)13)35-51(52)63-50-33-32-49(64(47-28-23-43(24-29-47)59(5,6)7)48-30-25-44(26-31-48)60(8,9)10)38-53(50)66(58-41(3)21-18-22-42(58)4)55-37-46(62(14,15)16)36-54(65)56(55)63/h17-38H,1-16H3. The van der Waals surface area contributed by atoms with Crippen LogP contribution in [0.15, 0.2) is 133 Å². The molecule has 336 valence electrons. The van der Waals surface area contributed by atoms with E-state index in [4.69, 9.17) is 0 Å². The number of anilines is 9. The van der Waals surface area contributed by atoms with Crippen LogP contribution in [-0.2, 0) is 21.7 Å². The smallest absolute Gasteiger partial charge is 0.252 e. The Morgan fingerprint density at radius 1 is 0.348 bits per heavy atom. The largest absolute Gasteiger partial charge is 0.311 e. The number of para-hydroxylation sites is 2. The summed E-state index contributed by atoms with van der Waals surface area (Å²) in [5.74, 6) is 0. The summed E-state index contributed by atoms with van der Waals surface area (Å²) >= 11 is 0. The van der Waals surface area contributed by atoms with E-state index in [0.717, 1.165) is 17.1 Å². The molecular formula is C62H70BN3. The van der Waals surface area contributed by atoms with Crippen LogP contribution in [0.2, 0.25) is 0 Å². The quantitative estimate of drug-likeness (QED) is 0.160. The second kappa shape index (κ2) is 15.8. The SMILES string of the molecule is Cc1cccc(C)c1N1c2ccc(C(C)(C)C)cc2B2c3ccc(N(c4ccc(C(C)(C)C)cc4)c4ccc(C(C)(C)C)cc4)cc3N(c3c(C)cccc3C)c3cc(C(C)(C)C)cc1c32. The molecule has 0 bridgehead atoms. The number of nitrogens with zero attached hydrogens (tertiary/aromatic N) is 3. The lowest BCUT2D eigenvalue weighted by atomic mass is 9.33. The Labute approximate surface area is 397 Å². The molecule has 0 aromatic heterocycles. The fourth-order valence-electron chi connectivity index (χ4n) is 10.5. The summed E-state index contributed by atoms with van der Waals surface area (Å²) in [7, 11) is 0. The highest BCUT2D eigenvalue weighted by molar-refractivity contribution is 7.00. The van der Waals surface area contributed by atoms with Crippen LogP contribution in [0.5, 0.6) is 0 Å². The second-order valence-electron chi connectivity index (χ2n) is 23.5. The van der Waals surface area contributed by atoms with Gasteiger partial charge in [0.15, 0.2) is 0 Å². The number of fused-ring (bicyclic) bond motifs is 4. The summed E-state index contributed by atoms with van der Waals surface area (Å²) in [5, 5.41) is 0. The van der Waals surface area contributed by atoms with E-state index in [2.05, 4.69) is 259 Å². The maximum Gasteiger partial charge on any atom is 0.252 e. The van der Waals surface area contributed by atoms with Crippen LogP contribution in [0.1, 0.15) is 128 Å². The molecule has 7 aromatic rings.